The Morgan fingerprint density at radius 3 is 2.79 bits per heavy atom. The highest BCUT2D eigenvalue weighted by molar-refractivity contribution is 5.80. The lowest BCUT2D eigenvalue weighted by atomic mass is 9.93. The Morgan fingerprint density at radius 2 is 2.21 bits per heavy atom. The van der Waals surface area contributed by atoms with Crippen LogP contribution in [0.5, 0.6) is 0 Å². The molecule has 1 aliphatic heterocycles. The van der Waals surface area contributed by atoms with Crippen molar-refractivity contribution in [1.82, 2.24) is 4.90 Å². The summed E-state index contributed by atoms with van der Waals surface area (Å²) in [6, 6.07) is 0.574. The summed E-state index contributed by atoms with van der Waals surface area (Å²) in [6.07, 6.45) is 0.813. The van der Waals surface area contributed by atoms with E-state index in [1.54, 1.807) is 13.8 Å². The van der Waals surface area contributed by atoms with Crippen LogP contribution in [0.3, 0.4) is 0 Å². The molecule has 0 aromatic rings. The summed E-state index contributed by atoms with van der Waals surface area (Å²) >= 11 is 0. The predicted octanol–water partition coefficient (Wildman–Crippen LogP) is 1.15. The van der Waals surface area contributed by atoms with Gasteiger partial charge in [-0.1, -0.05) is 0 Å². The maximum absolute atomic E-state index is 11.8. The summed E-state index contributed by atoms with van der Waals surface area (Å²) in [7, 11) is 0. The smallest absolute Gasteiger partial charge is 0.325 e. The van der Waals surface area contributed by atoms with Crippen LogP contribution in [0.25, 0.3) is 0 Å². The van der Waals surface area contributed by atoms with Gasteiger partial charge in [0.2, 0.25) is 0 Å². The molecule has 1 rings (SSSR count). The molecule has 2 N–H and O–H groups in total. The number of esters is 1. The molecular formula is C14H28N2O3. The van der Waals surface area contributed by atoms with Crippen molar-refractivity contribution in [2.24, 2.45) is 5.73 Å². The fourth-order valence-electron chi connectivity index (χ4n) is 2.65. The molecule has 4 unspecified atom stereocenters. The zero-order chi connectivity index (χ0) is 14.6. The molecule has 1 saturated heterocycles. The lowest BCUT2D eigenvalue weighted by molar-refractivity contribution is -0.150. The molecule has 19 heavy (non-hydrogen) atoms. The van der Waals surface area contributed by atoms with E-state index in [9.17, 15) is 4.79 Å². The van der Waals surface area contributed by atoms with E-state index in [2.05, 4.69) is 25.7 Å². The Bertz CT molecular complexity index is 307. The first-order valence-corrected chi connectivity index (χ1v) is 7.11. The van der Waals surface area contributed by atoms with Crippen molar-refractivity contribution >= 4 is 5.97 Å². The molecule has 1 aliphatic rings. The number of morpholine rings is 1. The van der Waals surface area contributed by atoms with E-state index >= 15 is 0 Å². The van der Waals surface area contributed by atoms with Gasteiger partial charge in [-0.25, -0.2) is 0 Å². The summed E-state index contributed by atoms with van der Waals surface area (Å²) in [4.78, 5) is 14.2. The van der Waals surface area contributed by atoms with Crippen LogP contribution in [0.2, 0.25) is 0 Å². The third kappa shape index (κ3) is 4.44. The van der Waals surface area contributed by atoms with Crippen LogP contribution in [0.1, 0.15) is 41.0 Å². The number of rotatable bonds is 5. The number of carbonyl (C=O) groups is 1. The number of ether oxygens (including phenoxy) is 2. The Hall–Kier alpha value is -0.650. The van der Waals surface area contributed by atoms with Crippen LogP contribution >= 0.6 is 0 Å². The van der Waals surface area contributed by atoms with Gasteiger partial charge in [0, 0.05) is 18.6 Å². The highest BCUT2D eigenvalue weighted by Gasteiger charge is 2.36. The molecule has 0 amide bonds. The molecule has 1 heterocycles. The van der Waals surface area contributed by atoms with E-state index in [4.69, 9.17) is 15.2 Å². The van der Waals surface area contributed by atoms with Crippen LogP contribution in [0, 0.1) is 0 Å². The molecule has 5 nitrogen and oxygen atoms in total. The predicted molar refractivity (Wildman–Crippen MR) is 74.9 cm³/mol. The number of nitrogens with zero attached hydrogens (tertiary/aromatic N) is 1. The van der Waals surface area contributed by atoms with Gasteiger partial charge >= 0.3 is 5.97 Å². The zero-order valence-corrected chi connectivity index (χ0v) is 12.8. The molecule has 4 atom stereocenters. The minimum atomic E-state index is -0.934. The number of carbonyl (C=O) groups excluding carboxylic acids is 1. The van der Waals surface area contributed by atoms with Crippen molar-refractivity contribution < 1.29 is 14.3 Å². The third-order valence-electron chi connectivity index (χ3n) is 3.68. The first-order chi connectivity index (χ1) is 8.77. The van der Waals surface area contributed by atoms with Gasteiger partial charge in [-0.3, -0.25) is 9.69 Å². The van der Waals surface area contributed by atoms with Crippen LogP contribution in [-0.4, -0.2) is 54.4 Å². The number of hydrogen-bond donors (Lipinski definition) is 1. The van der Waals surface area contributed by atoms with Crippen molar-refractivity contribution in [2.45, 2.75) is 64.8 Å². The number of hydrogen-bond acceptors (Lipinski definition) is 5. The Balaban J connectivity index is 2.62. The van der Waals surface area contributed by atoms with E-state index in [0.717, 1.165) is 13.2 Å². The highest BCUT2D eigenvalue weighted by atomic mass is 16.5. The SMILES string of the molecule is CCOC(=O)C(C)(N)CC(C)N1CC(C)OCC1C. The first kappa shape index (κ1) is 16.4. The minimum absolute atomic E-state index is 0.223. The zero-order valence-electron chi connectivity index (χ0n) is 12.8. The van der Waals surface area contributed by atoms with Gasteiger partial charge in [-0.05, 0) is 41.0 Å². The average Bonchev–Trinajstić information content (AvgIpc) is 2.32. The van der Waals surface area contributed by atoms with Gasteiger partial charge in [0.15, 0.2) is 0 Å². The lowest BCUT2D eigenvalue weighted by Crippen LogP contribution is -2.56. The molecule has 0 bridgehead atoms. The highest BCUT2D eigenvalue weighted by Crippen LogP contribution is 2.21. The Labute approximate surface area is 116 Å². The molecule has 0 saturated carbocycles. The quantitative estimate of drug-likeness (QED) is 0.761. The van der Waals surface area contributed by atoms with E-state index in [0.29, 0.717) is 19.1 Å². The van der Waals surface area contributed by atoms with Crippen LogP contribution < -0.4 is 5.73 Å². The number of nitrogens with two attached hydrogens (primary N) is 1. The van der Waals surface area contributed by atoms with Crippen molar-refractivity contribution in [1.29, 1.82) is 0 Å². The van der Waals surface area contributed by atoms with Crippen LogP contribution in [-0.2, 0) is 14.3 Å². The molecule has 1 fully saturated rings. The van der Waals surface area contributed by atoms with Gasteiger partial charge in [-0.15, -0.1) is 0 Å². The second kappa shape index (κ2) is 6.68. The van der Waals surface area contributed by atoms with Gasteiger partial charge in [0.25, 0.3) is 0 Å². The van der Waals surface area contributed by atoms with E-state index < -0.39 is 5.54 Å². The van der Waals surface area contributed by atoms with Crippen molar-refractivity contribution in [3.63, 3.8) is 0 Å². The van der Waals surface area contributed by atoms with Crippen molar-refractivity contribution in [2.75, 3.05) is 19.8 Å². The summed E-state index contributed by atoms with van der Waals surface area (Å²) in [5, 5.41) is 0. The molecule has 0 aromatic heterocycles. The minimum Gasteiger partial charge on any atom is -0.465 e. The van der Waals surface area contributed by atoms with Gasteiger partial charge in [0.1, 0.15) is 5.54 Å². The van der Waals surface area contributed by atoms with Gasteiger partial charge < -0.3 is 15.2 Å². The monoisotopic (exact) mass is 272 g/mol. The van der Waals surface area contributed by atoms with Crippen molar-refractivity contribution in [3.8, 4) is 0 Å². The van der Waals surface area contributed by atoms with Crippen molar-refractivity contribution in [3.05, 3.63) is 0 Å². The standard InChI is InChI=1S/C14H28N2O3/c1-6-18-13(17)14(5,15)7-10(2)16-8-12(4)19-9-11(16)3/h10-12H,6-9,15H2,1-5H3. The van der Waals surface area contributed by atoms with Crippen LogP contribution in [0.15, 0.2) is 0 Å². The Kier molecular flexibility index (Phi) is 5.77. The second-order valence-corrected chi connectivity index (χ2v) is 5.88. The average molecular weight is 272 g/mol. The molecule has 5 heteroatoms. The van der Waals surface area contributed by atoms with Crippen LogP contribution in [0.4, 0.5) is 0 Å². The summed E-state index contributed by atoms with van der Waals surface area (Å²) in [5.41, 5.74) is 5.17. The molecule has 0 radical (unpaired) electrons. The molecule has 0 spiro atoms. The summed E-state index contributed by atoms with van der Waals surface area (Å²) < 4.78 is 10.7. The topological polar surface area (TPSA) is 64.8 Å². The van der Waals surface area contributed by atoms with Gasteiger partial charge in [-0.2, -0.15) is 0 Å². The lowest BCUT2D eigenvalue weighted by Gasteiger charge is -2.42. The molecule has 0 aliphatic carbocycles. The third-order valence-corrected chi connectivity index (χ3v) is 3.68. The maximum atomic E-state index is 11.8. The maximum Gasteiger partial charge on any atom is 0.325 e. The molecular weight excluding hydrogens is 244 g/mol. The fraction of sp³-hybridized carbons (Fsp3) is 0.929. The first-order valence-electron chi connectivity index (χ1n) is 7.11. The fourth-order valence-corrected chi connectivity index (χ4v) is 2.65. The van der Waals surface area contributed by atoms with E-state index in [-0.39, 0.29) is 18.1 Å². The molecule has 0 aromatic carbocycles. The second-order valence-electron chi connectivity index (χ2n) is 5.88. The summed E-state index contributed by atoms with van der Waals surface area (Å²) in [6.45, 7) is 11.8. The normalized spacial score (nSPS) is 29.6. The van der Waals surface area contributed by atoms with E-state index in [1.807, 2.05) is 0 Å². The van der Waals surface area contributed by atoms with E-state index in [1.165, 1.54) is 0 Å². The molecule has 112 valence electrons. The van der Waals surface area contributed by atoms with Gasteiger partial charge in [0.05, 0.1) is 19.3 Å². The Morgan fingerprint density at radius 1 is 1.58 bits per heavy atom. The summed E-state index contributed by atoms with van der Waals surface area (Å²) in [5.74, 6) is -0.323. The largest absolute Gasteiger partial charge is 0.465 e.